The Morgan fingerprint density at radius 3 is 2.45 bits per heavy atom. The Morgan fingerprint density at radius 1 is 1.14 bits per heavy atom. The first-order valence-corrected chi connectivity index (χ1v) is 6.67. The Balaban J connectivity index is 1.73. The number of halogens is 3. The minimum atomic E-state index is -4.71. The van der Waals surface area contributed by atoms with Gasteiger partial charge in [0.15, 0.2) is 0 Å². The van der Waals surface area contributed by atoms with E-state index in [4.69, 9.17) is 4.52 Å². The minimum absolute atomic E-state index is 0.257. The second-order valence-corrected chi connectivity index (χ2v) is 4.71. The predicted molar refractivity (Wildman–Crippen MR) is 71.5 cm³/mol. The molecule has 0 aliphatic carbocycles. The van der Waals surface area contributed by atoms with Crippen LogP contribution in [-0.4, -0.2) is 42.7 Å². The van der Waals surface area contributed by atoms with Crippen molar-refractivity contribution in [1.82, 2.24) is 15.5 Å². The average molecular weight is 314 g/mol. The van der Waals surface area contributed by atoms with Crippen LogP contribution < -0.4 is 15.0 Å². The number of benzene rings is 1. The highest BCUT2D eigenvalue weighted by molar-refractivity contribution is 5.55. The Bertz CT molecular complexity index is 621. The van der Waals surface area contributed by atoms with Gasteiger partial charge in [-0.3, -0.25) is 0 Å². The van der Waals surface area contributed by atoms with E-state index >= 15 is 0 Å². The maximum atomic E-state index is 12.1. The molecule has 1 aliphatic rings. The quantitative estimate of drug-likeness (QED) is 0.935. The third-order valence-corrected chi connectivity index (χ3v) is 3.15. The lowest BCUT2D eigenvalue weighted by Crippen LogP contribution is -2.44. The van der Waals surface area contributed by atoms with E-state index in [9.17, 15) is 13.2 Å². The van der Waals surface area contributed by atoms with Crippen LogP contribution in [-0.2, 0) is 0 Å². The standard InChI is InChI=1S/C13H13F3N4O2/c14-13(15,16)21-10-3-1-9(2-4-10)11-18-12(19-22-11)20-7-5-17-6-8-20/h1-4,17H,5-8H2. The summed E-state index contributed by atoms with van der Waals surface area (Å²) in [5, 5.41) is 7.11. The second kappa shape index (κ2) is 5.84. The van der Waals surface area contributed by atoms with Crippen molar-refractivity contribution in [3.05, 3.63) is 24.3 Å². The highest BCUT2D eigenvalue weighted by Crippen LogP contribution is 2.26. The zero-order chi connectivity index (χ0) is 15.6. The first-order valence-electron chi connectivity index (χ1n) is 6.67. The van der Waals surface area contributed by atoms with Crippen LogP contribution in [0.1, 0.15) is 0 Å². The van der Waals surface area contributed by atoms with Gasteiger partial charge in [-0.2, -0.15) is 4.98 Å². The highest BCUT2D eigenvalue weighted by Gasteiger charge is 2.31. The van der Waals surface area contributed by atoms with Gasteiger partial charge in [-0.05, 0) is 29.4 Å². The van der Waals surface area contributed by atoms with Crippen LogP contribution in [0.4, 0.5) is 19.1 Å². The molecule has 22 heavy (non-hydrogen) atoms. The molecule has 0 bridgehead atoms. The summed E-state index contributed by atoms with van der Waals surface area (Å²) in [5.74, 6) is 0.442. The van der Waals surface area contributed by atoms with Crippen molar-refractivity contribution in [2.24, 2.45) is 0 Å². The second-order valence-electron chi connectivity index (χ2n) is 4.71. The van der Waals surface area contributed by atoms with Gasteiger partial charge < -0.3 is 19.5 Å². The molecule has 2 heterocycles. The maximum absolute atomic E-state index is 12.1. The van der Waals surface area contributed by atoms with E-state index in [1.54, 1.807) is 0 Å². The first-order chi connectivity index (χ1) is 10.5. The van der Waals surface area contributed by atoms with Crippen LogP contribution >= 0.6 is 0 Å². The van der Waals surface area contributed by atoms with E-state index < -0.39 is 6.36 Å². The summed E-state index contributed by atoms with van der Waals surface area (Å²) in [6.45, 7) is 3.23. The van der Waals surface area contributed by atoms with Gasteiger partial charge in [0.2, 0.25) is 0 Å². The molecule has 3 rings (SSSR count). The molecule has 0 saturated carbocycles. The lowest BCUT2D eigenvalue weighted by Gasteiger charge is -2.25. The van der Waals surface area contributed by atoms with Crippen molar-refractivity contribution in [3.63, 3.8) is 0 Å². The highest BCUT2D eigenvalue weighted by atomic mass is 19.4. The summed E-state index contributed by atoms with van der Waals surface area (Å²) < 4.78 is 45.3. The number of nitrogens with one attached hydrogen (secondary N) is 1. The molecule has 1 aromatic heterocycles. The number of piperazine rings is 1. The van der Waals surface area contributed by atoms with Gasteiger partial charge in [0.1, 0.15) is 5.75 Å². The molecular formula is C13H13F3N4O2. The molecule has 0 unspecified atom stereocenters. The normalized spacial score (nSPS) is 15.9. The fourth-order valence-corrected chi connectivity index (χ4v) is 2.13. The van der Waals surface area contributed by atoms with Crippen molar-refractivity contribution in [3.8, 4) is 17.2 Å². The summed E-state index contributed by atoms with van der Waals surface area (Å²) in [4.78, 5) is 6.24. The molecule has 1 N–H and O–H groups in total. The summed E-state index contributed by atoms with van der Waals surface area (Å²) >= 11 is 0. The Labute approximate surface area is 123 Å². The van der Waals surface area contributed by atoms with Gasteiger partial charge in [-0.25, -0.2) is 0 Å². The lowest BCUT2D eigenvalue weighted by molar-refractivity contribution is -0.274. The molecule has 0 atom stereocenters. The number of alkyl halides is 3. The average Bonchev–Trinajstić information content (AvgIpc) is 2.97. The largest absolute Gasteiger partial charge is 0.573 e. The zero-order valence-corrected chi connectivity index (χ0v) is 11.4. The molecule has 0 radical (unpaired) electrons. The molecule has 1 fully saturated rings. The van der Waals surface area contributed by atoms with E-state index in [1.807, 2.05) is 4.90 Å². The molecule has 1 aliphatic heterocycles. The molecule has 1 saturated heterocycles. The zero-order valence-electron chi connectivity index (χ0n) is 11.4. The number of hydrogen-bond donors (Lipinski definition) is 1. The number of nitrogens with zero attached hydrogens (tertiary/aromatic N) is 3. The van der Waals surface area contributed by atoms with Crippen molar-refractivity contribution in [1.29, 1.82) is 0 Å². The monoisotopic (exact) mass is 314 g/mol. The number of hydrogen-bond acceptors (Lipinski definition) is 6. The van der Waals surface area contributed by atoms with Gasteiger partial charge >= 0.3 is 6.36 Å². The molecular weight excluding hydrogens is 301 g/mol. The molecule has 9 heteroatoms. The van der Waals surface area contributed by atoms with Crippen LogP contribution in [0.3, 0.4) is 0 Å². The van der Waals surface area contributed by atoms with Crippen molar-refractivity contribution < 1.29 is 22.4 Å². The van der Waals surface area contributed by atoms with E-state index in [1.165, 1.54) is 24.3 Å². The van der Waals surface area contributed by atoms with Crippen molar-refractivity contribution in [2.75, 3.05) is 31.1 Å². The van der Waals surface area contributed by atoms with E-state index in [0.717, 1.165) is 26.2 Å². The smallest absolute Gasteiger partial charge is 0.406 e. The Kier molecular flexibility index (Phi) is 3.88. The predicted octanol–water partition coefficient (Wildman–Crippen LogP) is 2.04. The van der Waals surface area contributed by atoms with Crippen LogP contribution in [0.2, 0.25) is 0 Å². The van der Waals surface area contributed by atoms with E-state index in [0.29, 0.717) is 11.5 Å². The fourth-order valence-electron chi connectivity index (χ4n) is 2.13. The van der Waals surface area contributed by atoms with Gasteiger partial charge in [0.25, 0.3) is 11.8 Å². The first kappa shape index (κ1) is 14.6. The number of rotatable bonds is 3. The van der Waals surface area contributed by atoms with Crippen LogP contribution in [0.25, 0.3) is 11.5 Å². The van der Waals surface area contributed by atoms with Crippen LogP contribution in [0.5, 0.6) is 5.75 Å². The lowest BCUT2D eigenvalue weighted by atomic mass is 10.2. The summed E-state index contributed by atoms with van der Waals surface area (Å²) in [6.07, 6.45) is -4.71. The fraction of sp³-hybridized carbons (Fsp3) is 0.385. The van der Waals surface area contributed by atoms with Crippen LogP contribution in [0, 0.1) is 0 Å². The third-order valence-electron chi connectivity index (χ3n) is 3.15. The molecule has 118 valence electrons. The number of aromatic nitrogens is 2. The maximum Gasteiger partial charge on any atom is 0.573 e. The SMILES string of the molecule is FC(F)(F)Oc1ccc(-c2nc(N3CCNCC3)no2)cc1. The number of ether oxygens (including phenoxy) is 1. The molecule has 6 nitrogen and oxygen atoms in total. The van der Waals surface area contributed by atoms with Gasteiger partial charge in [-0.15, -0.1) is 13.2 Å². The van der Waals surface area contributed by atoms with Gasteiger partial charge in [0.05, 0.1) is 0 Å². The summed E-state index contributed by atoms with van der Waals surface area (Å²) in [7, 11) is 0. The Hall–Kier alpha value is -2.29. The topological polar surface area (TPSA) is 63.4 Å². The minimum Gasteiger partial charge on any atom is -0.406 e. The van der Waals surface area contributed by atoms with Gasteiger partial charge in [0, 0.05) is 31.7 Å². The molecule has 0 amide bonds. The molecule has 0 spiro atoms. The van der Waals surface area contributed by atoms with E-state index in [2.05, 4.69) is 20.2 Å². The molecule has 1 aromatic carbocycles. The third kappa shape index (κ3) is 3.48. The van der Waals surface area contributed by atoms with Crippen LogP contribution in [0.15, 0.2) is 28.8 Å². The van der Waals surface area contributed by atoms with Crippen molar-refractivity contribution in [2.45, 2.75) is 6.36 Å². The van der Waals surface area contributed by atoms with Gasteiger partial charge in [-0.1, -0.05) is 0 Å². The summed E-state index contributed by atoms with van der Waals surface area (Å²) in [5.41, 5.74) is 0.531. The molecule has 2 aromatic rings. The van der Waals surface area contributed by atoms with E-state index in [-0.39, 0.29) is 11.6 Å². The summed E-state index contributed by atoms with van der Waals surface area (Å²) in [6, 6.07) is 5.29. The number of anilines is 1. The van der Waals surface area contributed by atoms with Crippen molar-refractivity contribution >= 4 is 5.95 Å². The Morgan fingerprint density at radius 2 is 1.82 bits per heavy atom.